The highest BCUT2D eigenvalue weighted by Crippen LogP contribution is 2.45. The molecule has 25 heavy (non-hydrogen) atoms. The molecule has 1 aromatic heterocycles. The van der Waals surface area contributed by atoms with Crippen LogP contribution in [0.4, 0.5) is 0 Å². The van der Waals surface area contributed by atoms with Gasteiger partial charge >= 0.3 is 0 Å². The van der Waals surface area contributed by atoms with E-state index in [2.05, 4.69) is 23.5 Å². The summed E-state index contributed by atoms with van der Waals surface area (Å²) in [6, 6.07) is 6.82. The lowest BCUT2D eigenvalue weighted by Gasteiger charge is -2.35. The molecule has 2 aromatic rings. The first kappa shape index (κ1) is 14.4. The Kier molecular flexibility index (Phi) is 2.76. The first-order valence-electron chi connectivity index (χ1n) is 8.50. The maximum absolute atomic E-state index is 13.1. The molecular weight excluding hydrogens is 314 g/mol. The number of aromatic hydroxyl groups is 1. The summed E-state index contributed by atoms with van der Waals surface area (Å²) >= 11 is 0. The highest BCUT2D eigenvalue weighted by molar-refractivity contribution is 6.15. The van der Waals surface area contributed by atoms with Crippen LogP contribution in [0.5, 0.6) is 5.75 Å². The molecule has 5 heteroatoms. The van der Waals surface area contributed by atoms with Crippen molar-refractivity contribution in [2.75, 3.05) is 13.6 Å². The van der Waals surface area contributed by atoms with Crippen molar-refractivity contribution in [1.29, 1.82) is 0 Å². The Bertz CT molecular complexity index is 979. The van der Waals surface area contributed by atoms with E-state index in [1.54, 1.807) is 12.1 Å². The lowest BCUT2D eigenvalue weighted by Crippen LogP contribution is -2.40. The van der Waals surface area contributed by atoms with Gasteiger partial charge in [0.2, 0.25) is 5.78 Å². The second-order valence-electron chi connectivity index (χ2n) is 6.99. The number of ketones is 1. The molecule has 5 nitrogen and oxygen atoms in total. The summed E-state index contributed by atoms with van der Waals surface area (Å²) in [6.45, 7) is 0.944. The van der Waals surface area contributed by atoms with Gasteiger partial charge in [-0.15, -0.1) is 0 Å². The standard InChI is InChI=1S/C20H19N3O2/c1-22-8-7-12-10-23(2)19-15(12)18(22)16-14(9-21-17(16)20(19)25)11-3-5-13(24)6-4-11/h3-6,9-10,17,21,24H,7-8H2,1-2H3. The van der Waals surface area contributed by atoms with Crippen LogP contribution < -0.4 is 5.32 Å². The van der Waals surface area contributed by atoms with E-state index < -0.39 is 0 Å². The number of phenolic OH excluding ortho intramolecular Hbond substituents is 1. The monoisotopic (exact) mass is 333 g/mol. The fraction of sp³-hybridized carbons (Fsp3) is 0.250. The van der Waals surface area contributed by atoms with Crippen molar-refractivity contribution in [2.45, 2.75) is 12.5 Å². The van der Waals surface area contributed by atoms with Crippen LogP contribution >= 0.6 is 0 Å². The van der Waals surface area contributed by atoms with Crippen LogP contribution in [0.15, 0.2) is 42.2 Å². The van der Waals surface area contributed by atoms with Crippen molar-refractivity contribution in [3.8, 4) is 5.75 Å². The Morgan fingerprint density at radius 1 is 1.20 bits per heavy atom. The largest absolute Gasteiger partial charge is 0.508 e. The average Bonchev–Trinajstić information content (AvgIpc) is 3.17. The first-order chi connectivity index (χ1) is 12.1. The van der Waals surface area contributed by atoms with Crippen molar-refractivity contribution in [2.24, 2.45) is 7.05 Å². The van der Waals surface area contributed by atoms with Crippen LogP contribution in [0.1, 0.15) is 27.2 Å². The number of Topliss-reactive ketones (excluding diaryl/α,β-unsaturated/α-hetero) is 1. The third-order valence-corrected chi connectivity index (χ3v) is 5.50. The maximum Gasteiger partial charge on any atom is 0.206 e. The van der Waals surface area contributed by atoms with Gasteiger partial charge in [0, 0.05) is 49.7 Å². The minimum absolute atomic E-state index is 0.128. The number of rotatable bonds is 1. The molecule has 3 aliphatic rings. The number of fused-ring (bicyclic) bond motifs is 1. The molecule has 126 valence electrons. The zero-order chi connectivity index (χ0) is 17.3. The number of nitrogens with zero attached hydrogens (tertiary/aromatic N) is 2. The highest BCUT2D eigenvalue weighted by atomic mass is 16.3. The maximum atomic E-state index is 13.1. The number of hydrogen-bond acceptors (Lipinski definition) is 4. The predicted octanol–water partition coefficient (Wildman–Crippen LogP) is 2.14. The molecule has 0 amide bonds. The average molecular weight is 333 g/mol. The summed E-state index contributed by atoms with van der Waals surface area (Å²) in [5, 5.41) is 12.9. The predicted molar refractivity (Wildman–Crippen MR) is 96.0 cm³/mol. The molecule has 0 fully saturated rings. The number of benzene rings is 1. The Hall–Kier alpha value is -2.95. The lowest BCUT2D eigenvalue weighted by atomic mass is 9.81. The third kappa shape index (κ3) is 1.81. The summed E-state index contributed by atoms with van der Waals surface area (Å²) in [4.78, 5) is 15.4. The number of carbonyl (C=O) groups is 1. The second kappa shape index (κ2) is 4.79. The number of likely N-dealkylation sites (N-methyl/N-ethyl adjacent to an activating group) is 1. The lowest BCUT2D eigenvalue weighted by molar-refractivity contribution is 0.0957. The molecule has 5 rings (SSSR count). The SMILES string of the molecule is CN1CCc2cn(C)c3c2C1=C1C(c2ccc(O)cc2)=CNC1C3=O. The molecule has 2 N–H and O–H groups in total. The number of aryl methyl sites for hydroxylation is 1. The summed E-state index contributed by atoms with van der Waals surface area (Å²) in [5.41, 5.74) is 7.40. The van der Waals surface area contributed by atoms with Crippen molar-refractivity contribution < 1.29 is 9.90 Å². The van der Waals surface area contributed by atoms with E-state index in [0.717, 1.165) is 46.6 Å². The van der Waals surface area contributed by atoms with Gasteiger partial charge in [-0.2, -0.15) is 0 Å². The number of hydrogen-bond donors (Lipinski definition) is 2. The summed E-state index contributed by atoms with van der Waals surface area (Å²) in [6.07, 6.45) is 4.99. The van der Waals surface area contributed by atoms with Crippen molar-refractivity contribution >= 4 is 17.1 Å². The molecule has 1 unspecified atom stereocenters. The van der Waals surface area contributed by atoms with E-state index >= 15 is 0 Å². The molecule has 0 spiro atoms. The third-order valence-electron chi connectivity index (χ3n) is 5.50. The van der Waals surface area contributed by atoms with Crippen molar-refractivity contribution in [1.82, 2.24) is 14.8 Å². The van der Waals surface area contributed by atoms with Crippen molar-refractivity contribution in [3.63, 3.8) is 0 Å². The topological polar surface area (TPSA) is 57.5 Å². The summed E-state index contributed by atoms with van der Waals surface area (Å²) in [7, 11) is 4.05. The summed E-state index contributed by atoms with van der Waals surface area (Å²) < 4.78 is 1.98. The fourth-order valence-corrected chi connectivity index (χ4v) is 4.34. The zero-order valence-corrected chi connectivity index (χ0v) is 14.2. The Balaban J connectivity index is 1.78. The van der Waals surface area contributed by atoms with Gasteiger partial charge in [-0.05, 0) is 29.7 Å². The number of aromatic nitrogens is 1. The minimum atomic E-state index is -0.340. The van der Waals surface area contributed by atoms with Crippen LogP contribution in [0.25, 0.3) is 11.3 Å². The van der Waals surface area contributed by atoms with Gasteiger partial charge in [0.1, 0.15) is 11.8 Å². The molecule has 1 aliphatic carbocycles. The molecule has 0 saturated heterocycles. The Labute approximate surface area is 145 Å². The molecule has 1 aromatic carbocycles. The number of phenols is 1. The normalized spacial score (nSPS) is 21.0. The van der Waals surface area contributed by atoms with E-state index in [4.69, 9.17) is 0 Å². The van der Waals surface area contributed by atoms with Crippen LogP contribution in [0, 0.1) is 0 Å². The molecule has 3 heterocycles. The second-order valence-corrected chi connectivity index (χ2v) is 6.99. The number of nitrogens with one attached hydrogen (secondary N) is 1. The molecule has 2 aliphatic heterocycles. The highest BCUT2D eigenvalue weighted by Gasteiger charge is 2.43. The van der Waals surface area contributed by atoms with Gasteiger partial charge in [-0.1, -0.05) is 12.1 Å². The van der Waals surface area contributed by atoms with E-state index in [-0.39, 0.29) is 17.6 Å². The Morgan fingerprint density at radius 2 is 1.96 bits per heavy atom. The summed E-state index contributed by atoms with van der Waals surface area (Å²) in [5.74, 6) is 0.370. The van der Waals surface area contributed by atoms with Crippen molar-refractivity contribution in [3.05, 3.63) is 64.6 Å². The van der Waals surface area contributed by atoms with Crippen LogP contribution in [-0.4, -0.2) is 40.0 Å². The molecule has 0 saturated carbocycles. The van der Waals surface area contributed by atoms with Crippen LogP contribution in [0.3, 0.4) is 0 Å². The quantitative estimate of drug-likeness (QED) is 0.839. The first-order valence-corrected chi connectivity index (χ1v) is 8.50. The van der Waals surface area contributed by atoms with E-state index in [1.807, 2.05) is 29.9 Å². The number of carbonyl (C=O) groups excluding carboxylic acids is 1. The zero-order valence-electron chi connectivity index (χ0n) is 14.2. The van der Waals surface area contributed by atoms with E-state index in [0.29, 0.717) is 0 Å². The van der Waals surface area contributed by atoms with E-state index in [9.17, 15) is 9.90 Å². The van der Waals surface area contributed by atoms with Crippen LogP contribution in [-0.2, 0) is 13.5 Å². The minimum Gasteiger partial charge on any atom is -0.508 e. The molecule has 1 atom stereocenters. The van der Waals surface area contributed by atoms with Gasteiger partial charge in [0.15, 0.2) is 0 Å². The fourth-order valence-electron chi connectivity index (χ4n) is 4.34. The van der Waals surface area contributed by atoms with Gasteiger partial charge in [0.25, 0.3) is 0 Å². The van der Waals surface area contributed by atoms with Crippen LogP contribution in [0.2, 0.25) is 0 Å². The Morgan fingerprint density at radius 3 is 2.72 bits per heavy atom. The van der Waals surface area contributed by atoms with E-state index in [1.165, 1.54) is 5.56 Å². The van der Waals surface area contributed by atoms with Gasteiger partial charge in [0.05, 0.1) is 11.4 Å². The molecule has 0 bridgehead atoms. The smallest absolute Gasteiger partial charge is 0.206 e. The van der Waals surface area contributed by atoms with Gasteiger partial charge < -0.3 is 19.9 Å². The molecular formula is C20H19N3O2. The van der Waals surface area contributed by atoms with Gasteiger partial charge in [-0.3, -0.25) is 4.79 Å². The molecule has 0 radical (unpaired) electrons. The van der Waals surface area contributed by atoms with Gasteiger partial charge in [-0.25, -0.2) is 0 Å².